The van der Waals surface area contributed by atoms with Gasteiger partial charge in [-0.25, -0.2) is 4.79 Å². The number of ketones is 1. The second kappa shape index (κ2) is 6.30. The van der Waals surface area contributed by atoms with E-state index in [0.29, 0.717) is 5.56 Å². The maximum atomic E-state index is 11.6. The number of hydrogen-bond donors (Lipinski definition) is 1. The molecule has 1 rings (SSSR count). The quantitative estimate of drug-likeness (QED) is 0.863. The first-order chi connectivity index (χ1) is 8.71. The zero-order valence-corrected chi connectivity index (χ0v) is 12.7. The molecule has 0 spiro atoms. The summed E-state index contributed by atoms with van der Waals surface area (Å²) < 4.78 is 5.67. The van der Waals surface area contributed by atoms with Gasteiger partial charge >= 0.3 is 5.97 Å². The first-order valence-corrected chi connectivity index (χ1v) is 6.64. The number of aliphatic hydroxyl groups is 1. The number of benzene rings is 1. The molecule has 0 aromatic heterocycles. The Labute approximate surface area is 120 Å². The summed E-state index contributed by atoms with van der Waals surface area (Å²) in [5.74, 6) is -1.01. The molecule has 0 aliphatic heterocycles. The van der Waals surface area contributed by atoms with E-state index >= 15 is 0 Å². The molecule has 0 aliphatic carbocycles. The van der Waals surface area contributed by atoms with Crippen LogP contribution in [0.15, 0.2) is 28.7 Å². The molecule has 0 bridgehead atoms. The van der Waals surface area contributed by atoms with Crippen molar-refractivity contribution in [2.75, 3.05) is 6.61 Å². The SMILES string of the molecule is CC(C)(C)C(=O)COC(=O)C(O)c1ccc(Br)cc1. The van der Waals surface area contributed by atoms with Crippen LogP contribution in [0.3, 0.4) is 0 Å². The molecule has 0 aliphatic rings. The van der Waals surface area contributed by atoms with E-state index in [1.54, 1.807) is 45.0 Å². The summed E-state index contributed by atoms with van der Waals surface area (Å²) in [5, 5.41) is 9.79. The molecule has 1 N–H and O–H groups in total. The van der Waals surface area contributed by atoms with Gasteiger partial charge < -0.3 is 9.84 Å². The Morgan fingerprint density at radius 3 is 2.26 bits per heavy atom. The summed E-state index contributed by atoms with van der Waals surface area (Å²) in [6, 6.07) is 6.65. The molecule has 0 radical (unpaired) electrons. The minimum Gasteiger partial charge on any atom is -0.455 e. The van der Waals surface area contributed by atoms with Gasteiger partial charge in [0, 0.05) is 9.89 Å². The van der Waals surface area contributed by atoms with E-state index in [2.05, 4.69) is 15.9 Å². The van der Waals surface area contributed by atoms with E-state index in [-0.39, 0.29) is 12.4 Å². The summed E-state index contributed by atoms with van der Waals surface area (Å²) in [6.45, 7) is 4.91. The van der Waals surface area contributed by atoms with Gasteiger partial charge in [0.25, 0.3) is 0 Å². The summed E-state index contributed by atoms with van der Waals surface area (Å²) >= 11 is 3.26. The first-order valence-electron chi connectivity index (χ1n) is 5.85. The smallest absolute Gasteiger partial charge is 0.340 e. The Hall–Kier alpha value is -1.20. The summed E-state index contributed by atoms with van der Waals surface area (Å²) in [4.78, 5) is 23.2. The highest BCUT2D eigenvalue weighted by atomic mass is 79.9. The van der Waals surface area contributed by atoms with Crippen LogP contribution in [0, 0.1) is 5.41 Å². The van der Waals surface area contributed by atoms with Crippen molar-refractivity contribution in [1.29, 1.82) is 0 Å². The van der Waals surface area contributed by atoms with Crippen LogP contribution in [0.2, 0.25) is 0 Å². The lowest BCUT2D eigenvalue weighted by Gasteiger charge is -2.17. The minimum absolute atomic E-state index is 0.191. The minimum atomic E-state index is -1.37. The highest BCUT2D eigenvalue weighted by Crippen LogP contribution is 2.19. The third-order valence-electron chi connectivity index (χ3n) is 2.59. The number of esters is 1. The van der Waals surface area contributed by atoms with Crippen LogP contribution in [0.25, 0.3) is 0 Å². The van der Waals surface area contributed by atoms with Crippen molar-refractivity contribution in [2.45, 2.75) is 26.9 Å². The number of Topliss-reactive ketones (excluding diaryl/α,β-unsaturated/α-hetero) is 1. The fourth-order valence-electron chi connectivity index (χ4n) is 1.21. The molecular formula is C14H17BrO4. The predicted molar refractivity (Wildman–Crippen MR) is 74.5 cm³/mol. The van der Waals surface area contributed by atoms with Gasteiger partial charge in [-0.2, -0.15) is 0 Å². The van der Waals surface area contributed by atoms with Gasteiger partial charge in [-0.3, -0.25) is 4.79 Å². The van der Waals surface area contributed by atoms with Gasteiger partial charge in [-0.15, -0.1) is 0 Å². The van der Waals surface area contributed by atoms with Crippen LogP contribution in [-0.2, 0) is 14.3 Å². The summed E-state index contributed by atoms with van der Waals surface area (Å²) in [6.07, 6.45) is -1.37. The van der Waals surface area contributed by atoms with Crippen LogP contribution in [0.4, 0.5) is 0 Å². The number of carbonyl (C=O) groups excluding carboxylic acids is 2. The van der Waals surface area contributed by atoms with E-state index in [9.17, 15) is 14.7 Å². The molecule has 19 heavy (non-hydrogen) atoms. The Balaban J connectivity index is 2.59. The van der Waals surface area contributed by atoms with Crippen molar-refractivity contribution >= 4 is 27.7 Å². The topological polar surface area (TPSA) is 63.6 Å². The zero-order valence-electron chi connectivity index (χ0n) is 11.1. The van der Waals surface area contributed by atoms with Crippen molar-refractivity contribution in [3.05, 3.63) is 34.3 Å². The zero-order chi connectivity index (χ0) is 14.6. The second-order valence-electron chi connectivity index (χ2n) is 5.23. The van der Waals surface area contributed by atoms with Crippen molar-refractivity contribution in [3.63, 3.8) is 0 Å². The molecule has 0 saturated heterocycles. The average Bonchev–Trinajstić information content (AvgIpc) is 2.34. The lowest BCUT2D eigenvalue weighted by atomic mass is 9.91. The van der Waals surface area contributed by atoms with Crippen LogP contribution < -0.4 is 0 Å². The van der Waals surface area contributed by atoms with E-state index < -0.39 is 17.5 Å². The third kappa shape index (κ3) is 4.76. The van der Waals surface area contributed by atoms with E-state index in [4.69, 9.17) is 4.74 Å². The fourth-order valence-corrected chi connectivity index (χ4v) is 1.48. The first kappa shape index (κ1) is 15.9. The third-order valence-corrected chi connectivity index (χ3v) is 3.12. The maximum absolute atomic E-state index is 11.6. The lowest BCUT2D eigenvalue weighted by molar-refractivity contribution is -0.158. The normalized spacial score (nSPS) is 12.9. The molecule has 1 atom stereocenters. The van der Waals surface area contributed by atoms with Gasteiger partial charge in [0.2, 0.25) is 0 Å². The standard InChI is InChI=1S/C14H17BrO4/c1-14(2,3)11(16)8-19-13(18)12(17)9-4-6-10(15)7-5-9/h4-7,12,17H,8H2,1-3H3. The predicted octanol–water partition coefficient (Wildman–Crippen LogP) is 2.64. The van der Waals surface area contributed by atoms with Gasteiger partial charge in [-0.05, 0) is 17.7 Å². The molecule has 0 fully saturated rings. The van der Waals surface area contributed by atoms with Crippen LogP contribution in [0.5, 0.6) is 0 Å². The number of carbonyl (C=O) groups is 2. The van der Waals surface area contributed by atoms with Gasteiger partial charge in [-0.1, -0.05) is 48.8 Å². The molecule has 5 heteroatoms. The van der Waals surface area contributed by atoms with Crippen molar-refractivity contribution < 1.29 is 19.4 Å². The number of halogens is 1. The van der Waals surface area contributed by atoms with E-state index in [1.165, 1.54) is 0 Å². The molecule has 1 aromatic rings. The average molecular weight is 329 g/mol. The van der Waals surface area contributed by atoms with Crippen molar-refractivity contribution in [2.24, 2.45) is 5.41 Å². The number of hydrogen-bond acceptors (Lipinski definition) is 4. The lowest BCUT2D eigenvalue weighted by Crippen LogP contribution is -2.28. The number of rotatable bonds is 4. The fraction of sp³-hybridized carbons (Fsp3) is 0.429. The highest BCUT2D eigenvalue weighted by molar-refractivity contribution is 9.10. The molecule has 1 aromatic carbocycles. The van der Waals surface area contributed by atoms with Crippen LogP contribution in [0.1, 0.15) is 32.4 Å². The second-order valence-corrected chi connectivity index (χ2v) is 6.15. The molecule has 104 valence electrons. The summed E-state index contributed by atoms with van der Waals surface area (Å²) in [5.41, 5.74) is -0.139. The van der Waals surface area contributed by atoms with Gasteiger partial charge in [0.15, 0.2) is 18.5 Å². The van der Waals surface area contributed by atoms with Crippen molar-refractivity contribution in [1.82, 2.24) is 0 Å². The van der Waals surface area contributed by atoms with Crippen LogP contribution >= 0.6 is 15.9 Å². The highest BCUT2D eigenvalue weighted by Gasteiger charge is 2.25. The maximum Gasteiger partial charge on any atom is 0.340 e. The molecule has 0 heterocycles. The van der Waals surface area contributed by atoms with Gasteiger partial charge in [0.05, 0.1) is 0 Å². The Morgan fingerprint density at radius 1 is 1.26 bits per heavy atom. The van der Waals surface area contributed by atoms with E-state index in [1.807, 2.05) is 0 Å². The Kier molecular flexibility index (Phi) is 5.26. The molecular weight excluding hydrogens is 312 g/mol. The molecule has 1 unspecified atom stereocenters. The monoisotopic (exact) mass is 328 g/mol. The molecule has 4 nitrogen and oxygen atoms in total. The number of ether oxygens (including phenoxy) is 1. The van der Waals surface area contributed by atoms with Gasteiger partial charge in [0.1, 0.15) is 0 Å². The van der Waals surface area contributed by atoms with E-state index in [0.717, 1.165) is 4.47 Å². The van der Waals surface area contributed by atoms with Crippen molar-refractivity contribution in [3.8, 4) is 0 Å². The van der Waals surface area contributed by atoms with Crippen LogP contribution in [-0.4, -0.2) is 23.5 Å². The Bertz CT molecular complexity index is 459. The Morgan fingerprint density at radius 2 is 1.79 bits per heavy atom. The number of aliphatic hydroxyl groups excluding tert-OH is 1. The largest absolute Gasteiger partial charge is 0.455 e. The molecule has 0 amide bonds. The summed E-state index contributed by atoms with van der Waals surface area (Å²) in [7, 11) is 0. The molecule has 0 saturated carbocycles.